The van der Waals surface area contributed by atoms with Crippen molar-refractivity contribution >= 4 is 28.6 Å². The van der Waals surface area contributed by atoms with Crippen LogP contribution in [0.2, 0.25) is 0 Å². The Balaban J connectivity index is 2.03. The summed E-state index contributed by atoms with van der Waals surface area (Å²) in [6, 6.07) is 1.87. The molecule has 0 aliphatic carbocycles. The average molecular weight is 365 g/mol. The molecule has 3 aromatic rings. The van der Waals surface area contributed by atoms with Crippen LogP contribution in [0.4, 0.5) is 4.39 Å². The number of aromatic nitrogens is 2. The molecule has 1 aromatic carbocycles. The average Bonchev–Trinajstić information content (AvgIpc) is 3.15. The summed E-state index contributed by atoms with van der Waals surface area (Å²) in [6.07, 6.45) is 0. The molecule has 4 N–H and O–H groups in total. The second kappa shape index (κ2) is 6.27. The summed E-state index contributed by atoms with van der Waals surface area (Å²) in [4.78, 5) is 20.5. The molecule has 0 atom stereocenters. The van der Waals surface area contributed by atoms with Gasteiger partial charge in [0.2, 0.25) is 0 Å². The number of halogens is 1. The fourth-order valence-electron chi connectivity index (χ4n) is 2.18. The molecule has 0 fully saturated rings. The number of carbonyl (C=O) groups is 1. The molecule has 0 spiro atoms. The molecule has 24 heavy (non-hydrogen) atoms. The van der Waals surface area contributed by atoms with Gasteiger partial charge in [0.25, 0.3) is 0 Å². The monoisotopic (exact) mass is 365 g/mol. The topological polar surface area (TPSA) is 109 Å². The summed E-state index contributed by atoms with van der Waals surface area (Å²) in [5.41, 5.74) is 6.59. The Bertz CT molecular complexity index is 936. The molecule has 0 saturated carbocycles. The molecule has 0 saturated heterocycles. The van der Waals surface area contributed by atoms with Crippen molar-refractivity contribution in [2.24, 2.45) is 5.73 Å². The first-order valence-electron chi connectivity index (χ1n) is 6.79. The second-order valence-corrected chi connectivity index (χ2v) is 6.86. The SMILES string of the molecule is Cc1nc(CN)sc1-c1csc(-c2cc(O)c(C(=O)O)cc2F)n1. The Kier molecular flexibility index (Phi) is 4.31. The maximum atomic E-state index is 14.2. The fourth-order valence-corrected chi connectivity index (χ4v) is 3.98. The van der Waals surface area contributed by atoms with Crippen LogP contribution in [-0.2, 0) is 6.54 Å². The number of rotatable bonds is 4. The van der Waals surface area contributed by atoms with E-state index in [1.165, 1.54) is 22.7 Å². The van der Waals surface area contributed by atoms with Gasteiger partial charge in [0, 0.05) is 17.5 Å². The lowest BCUT2D eigenvalue weighted by Gasteiger charge is -2.04. The van der Waals surface area contributed by atoms with E-state index in [0.717, 1.165) is 27.7 Å². The van der Waals surface area contributed by atoms with Crippen LogP contribution in [0.3, 0.4) is 0 Å². The van der Waals surface area contributed by atoms with Crippen molar-refractivity contribution in [3.05, 3.63) is 39.6 Å². The van der Waals surface area contributed by atoms with Gasteiger partial charge in [-0.15, -0.1) is 22.7 Å². The molecule has 124 valence electrons. The summed E-state index contributed by atoms with van der Waals surface area (Å²) in [7, 11) is 0. The molecule has 2 aromatic heterocycles. The van der Waals surface area contributed by atoms with Gasteiger partial charge in [0.05, 0.1) is 16.3 Å². The van der Waals surface area contributed by atoms with Crippen LogP contribution in [0.5, 0.6) is 5.75 Å². The van der Waals surface area contributed by atoms with Crippen molar-refractivity contribution in [3.63, 3.8) is 0 Å². The molecular formula is C15H12FN3O3S2. The van der Waals surface area contributed by atoms with Gasteiger partial charge >= 0.3 is 5.97 Å². The van der Waals surface area contributed by atoms with E-state index >= 15 is 0 Å². The molecule has 6 nitrogen and oxygen atoms in total. The summed E-state index contributed by atoms with van der Waals surface area (Å²) < 4.78 is 14.2. The van der Waals surface area contributed by atoms with Crippen molar-refractivity contribution in [2.45, 2.75) is 13.5 Å². The maximum Gasteiger partial charge on any atom is 0.339 e. The van der Waals surface area contributed by atoms with E-state index < -0.39 is 23.1 Å². The Morgan fingerprint density at radius 3 is 2.75 bits per heavy atom. The molecule has 2 heterocycles. The van der Waals surface area contributed by atoms with Gasteiger partial charge in [-0.1, -0.05) is 0 Å². The van der Waals surface area contributed by atoms with Gasteiger partial charge in [-0.2, -0.15) is 0 Å². The summed E-state index contributed by atoms with van der Waals surface area (Å²) in [6.45, 7) is 2.18. The zero-order valence-electron chi connectivity index (χ0n) is 12.4. The van der Waals surface area contributed by atoms with E-state index in [0.29, 0.717) is 17.2 Å². The first kappa shape index (κ1) is 16.5. The predicted octanol–water partition coefficient (Wildman–Crippen LogP) is 3.24. The molecule has 0 bridgehead atoms. The highest BCUT2D eigenvalue weighted by Crippen LogP contribution is 2.36. The summed E-state index contributed by atoms with van der Waals surface area (Å²) >= 11 is 2.62. The minimum atomic E-state index is -1.40. The molecule has 0 unspecified atom stereocenters. The minimum Gasteiger partial charge on any atom is -0.507 e. The standard InChI is InChI=1S/C15H12FN3O3S2/c1-6-13(24-12(4-17)18-6)10-5-23-14(19-10)7-3-11(20)8(15(21)22)2-9(7)16/h2-3,5,20H,4,17H2,1H3,(H,21,22). The van der Waals surface area contributed by atoms with Crippen LogP contribution in [0.1, 0.15) is 21.1 Å². The van der Waals surface area contributed by atoms with Gasteiger partial charge in [-0.3, -0.25) is 0 Å². The van der Waals surface area contributed by atoms with Crippen LogP contribution in [0, 0.1) is 12.7 Å². The number of aryl methyl sites for hydroxylation is 1. The Hall–Kier alpha value is -2.36. The summed E-state index contributed by atoms with van der Waals surface area (Å²) in [5, 5.41) is 21.6. The van der Waals surface area contributed by atoms with E-state index in [1.807, 2.05) is 6.92 Å². The van der Waals surface area contributed by atoms with Crippen LogP contribution >= 0.6 is 22.7 Å². The van der Waals surface area contributed by atoms with E-state index in [1.54, 1.807) is 5.38 Å². The van der Waals surface area contributed by atoms with Gasteiger partial charge in [-0.25, -0.2) is 19.2 Å². The molecule has 0 aliphatic rings. The normalized spacial score (nSPS) is 11.0. The van der Waals surface area contributed by atoms with E-state index in [2.05, 4.69) is 9.97 Å². The third kappa shape index (κ3) is 2.88. The number of nitrogens with zero attached hydrogens (tertiary/aromatic N) is 2. The zero-order chi connectivity index (χ0) is 17.4. The quantitative estimate of drug-likeness (QED) is 0.655. The van der Waals surface area contributed by atoms with Gasteiger partial charge < -0.3 is 15.9 Å². The number of benzene rings is 1. The van der Waals surface area contributed by atoms with E-state index in [4.69, 9.17) is 10.8 Å². The van der Waals surface area contributed by atoms with Gasteiger partial charge in [-0.05, 0) is 19.1 Å². The number of thiazole rings is 2. The number of phenols is 1. The highest BCUT2D eigenvalue weighted by molar-refractivity contribution is 7.16. The zero-order valence-corrected chi connectivity index (χ0v) is 14.0. The lowest BCUT2D eigenvalue weighted by atomic mass is 10.1. The van der Waals surface area contributed by atoms with Crippen LogP contribution in [-0.4, -0.2) is 26.2 Å². The van der Waals surface area contributed by atoms with Gasteiger partial charge in [0.15, 0.2) is 0 Å². The van der Waals surface area contributed by atoms with Crippen molar-refractivity contribution in [2.75, 3.05) is 0 Å². The Morgan fingerprint density at radius 2 is 2.12 bits per heavy atom. The molecule has 0 radical (unpaired) electrons. The number of nitrogens with two attached hydrogens (primary N) is 1. The lowest BCUT2D eigenvalue weighted by Crippen LogP contribution is -1.98. The van der Waals surface area contributed by atoms with Crippen molar-refractivity contribution in [1.29, 1.82) is 0 Å². The Morgan fingerprint density at radius 1 is 1.38 bits per heavy atom. The predicted molar refractivity (Wildman–Crippen MR) is 89.9 cm³/mol. The lowest BCUT2D eigenvalue weighted by molar-refractivity contribution is 0.0693. The molecule has 3 rings (SSSR count). The van der Waals surface area contributed by atoms with E-state index in [9.17, 15) is 14.3 Å². The number of carboxylic acid groups (broad SMARTS) is 1. The first-order valence-corrected chi connectivity index (χ1v) is 8.48. The van der Waals surface area contributed by atoms with Crippen molar-refractivity contribution in [3.8, 4) is 26.9 Å². The van der Waals surface area contributed by atoms with Crippen LogP contribution < -0.4 is 5.73 Å². The fraction of sp³-hybridized carbons (Fsp3) is 0.133. The number of hydrogen-bond acceptors (Lipinski definition) is 7. The highest BCUT2D eigenvalue weighted by atomic mass is 32.1. The smallest absolute Gasteiger partial charge is 0.339 e. The third-order valence-electron chi connectivity index (χ3n) is 3.30. The van der Waals surface area contributed by atoms with Crippen molar-refractivity contribution < 1.29 is 19.4 Å². The first-order chi connectivity index (χ1) is 11.4. The van der Waals surface area contributed by atoms with Gasteiger partial charge in [0.1, 0.15) is 27.1 Å². The number of hydrogen-bond donors (Lipinski definition) is 3. The minimum absolute atomic E-state index is 0.0509. The van der Waals surface area contributed by atoms with Crippen LogP contribution in [0.25, 0.3) is 21.1 Å². The van der Waals surface area contributed by atoms with E-state index in [-0.39, 0.29) is 5.56 Å². The maximum absolute atomic E-state index is 14.2. The van der Waals surface area contributed by atoms with Crippen molar-refractivity contribution in [1.82, 2.24) is 9.97 Å². The highest BCUT2D eigenvalue weighted by Gasteiger charge is 2.19. The molecule has 0 aliphatic heterocycles. The Labute approximate surface area is 144 Å². The second-order valence-electron chi connectivity index (χ2n) is 4.92. The summed E-state index contributed by atoms with van der Waals surface area (Å²) in [5.74, 6) is -2.66. The number of carboxylic acids is 1. The largest absolute Gasteiger partial charge is 0.507 e. The number of aromatic carboxylic acids is 1. The third-order valence-corrected chi connectivity index (χ3v) is 5.38. The van der Waals surface area contributed by atoms with Crippen LogP contribution in [0.15, 0.2) is 17.5 Å². The number of aromatic hydroxyl groups is 1. The molecule has 9 heteroatoms. The molecule has 0 amide bonds. The molecular weight excluding hydrogens is 353 g/mol.